The Labute approximate surface area is 131 Å². The van der Waals surface area contributed by atoms with E-state index in [9.17, 15) is 4.79 Å². The van der Waals surface area contributed by atoms with Gasteiger partial charge in [0.1, 0.15) is 0 Å². The Hall–Kier alpha value is -0.610. The Kier molecular flexibility index (Phi) is 7.14. The number of hydrogen-bond acceptors (Lipinski definition) is 3. The highest BCUT2D eigenvalue weighted by Gasteiger charge is 2.39. The predicted molar refractivity (Wildman–Crippen MR) is 89.2 cm³/mol. The monoisotopic (exact) mass is 297 g/mol. The van der Waals surface area contributed by atoms with Gasteiger partial charge in [-0.1, -0.05) is 13.8 Å². The lowest BCUT2D eigenvalue weighted by Gasteiger charge is -2.47. The third-order valence-electron chi connectivity index (χ3n) is 5.24. The van der Waals surface area contributed by atoms with Crippen LogP contribution in [0.5, 0.6) is 0 Å². The molecule has 0 aromatic carbocycles. The molecule has 124 valence electrons. The molecule has 0 aliphatic heterocycles. The zero-order valence-electron chi connectivity index (χ0n) is 14.7. The van der Waals surface area contributed by atoms with Crippen molar-refractivity contribution >= 4 is 5.91 Å². The van der Waals surface area contributed by atoms with E-state index in [-0.39, 0.29) is 17.5 Å². The molecule has 1 saturated carbocycles. The lowest BCUT2D eigenvalue weighted by Crippen LogP contribution is -2.58. The van der Waals surface area contributed by atoms with Crippen molar-refractivity contribution in [2.75, 3.05) is 26.7 Å². The molecule has 2 N–H and O–H groups in total. The van der Waals surface area contributed by atoms with Crippen molar-refractivity contribution in [3.63, 3.8) is 0 Å². The summed E-state index contributed by atoms with van der Waals surface area (Å²) in [5.41, 5.74) is 6.20. The van der Waals surface area contributed by atoms with E-state index in [1.807, 2.05) is 11.9 Å². The Morgan fingerprint density at radius 2 is 1.90 bits per heavy atom. The maximum Gasteiger partial charge on any atom is 0.236 e. The molecule has 21 heavy (non-hydrogen) atoms. The van der Waals surface area contributed by atoms with Gasteiger partial charge in [-0.25, -0.2) is 0 Å². The van der Waals surface area contributed by atoms with E-state index in [4.69, 9.17) is 5.73 Å². The number of amides is 1. The molecule has 0 aromatic heterocycles. The van der Waals surface area contributed by atoms with Crippen LogP contribution in [-0.2, 0) is 4.79 Å². The van der Waals surface area contributed by atoms with Gasteiger partial charge < -0.3 is 10.6 Å². The van der Waals surface area contributed by atoms with Gasteiger partial charge in [0, 0.05) is 25.2 Å². The maximum absolute atomic E-state index is 12.5. The maximum atomic E-state index is 12.5. The molecule has 4 heteroatoms. The average Bonchev–Trinajstić information content (AvgIpc) is 2.47. The second-order valence-electron chi connectivity index (χ2n) is 7.13. The number of nitrogens with two attached hydrogens (primary N) is 1. The van der Waals surface area contributed by atoms with E-state index < -0.39 is 0 Å². The third kappa shape index (κ3) is 4.68. The number of carbonyl (C=O) groups excluding carboxylic acids is 1. The Balaban J connectivity index is 2.81. The molecule has 4 nitrogen and oxygen atoms in total. The fourth-order valence-corrected chi connectivity index (χ4v) is 3.27. The van der Waals surface area contributed by atoms with E-state index in [0.717, 1.165) is 31.7 Å². The van der Waals surface area contributed by atoms with Crippen LogP contribution in [0, 0.1) is 5.92 Å². The van der Waals surface area contributed by atoms with Crippen molar-refractivity contribution < 1.29 is 4.79 Å². The highest BCUT2D eigenvalue weighted by atomic mass is 16.2. The molecule has 0 unspecified atom stereocenters. The Morgan fingerprint density at radius 1 is 1.33 bits per heavy atom. The molecule has 0 heterocycles. The zero-order valence-corrected chi connectivity index (χ0v) is 14.7. The van der Waals surface area contributed by atoms with Crippen molar-refractivity contribution in [3.8, 4) is 0 Å². The summed E-state index contributed by atoms with van der Waals surface area (Å²) in [7, 11) is 1.90. The van der Waals surface area contributed by atoms with Crippen molar-refractivity contribution in [3.05, 3.63) is 0 Å². The van der Waals surface area contributed by atoms with E-state index in [1.165, 1.54) is 12.8 Å². The van der Waals surface area contributed by atoms with Gasteiger partial charge in [0.2, 0.25) is 5.91 Å². The SMILES string of the molecule is CCCN(CC(=O)N(C)C(C)C)C1(CN)CCC(C)CC1. The van der Waals surface area contributed by atoms with Crippen LogP contribution in [0.4, 0.5) is 0 Å². The van der Waals surface area contributed by atoms with Crippen LogP contribution in [-0.4, -0.2) is 54.0 Å². The van der Waals surface area contributed by atoms with Crippen molar-refractivity contribution in [2.24, 2.45) is 11.7 Å². The molecule has 0 atom stereocenters. The van der Waals surface area contributed by atoms with Crippen LogP contribution in [0.25, 0.3) is 0 Å². The zero-order chi connectivity index (χ0) is 16.0. The van der Waals surface area contributed by atoms with Gasteiger partial charge in [-0.2, -0.15) is 0 Å². The van der Waals surface area contributed by atoms with Gasteiger partial charge in [-0.15, -0.1) is 0 Å². The minimum Gasteiger partial charge on any atom is -0.342 e. The molecule has 1 aliphatic rings. The summed E-state index contributed by atoms with van der Waals surface area (Å²) < 4.78 is 0. The van der Waals surface area contributed by atoms with Gasteiger partial charge in [-0.3, -0.25) is 9.69 Å². The van der Waals surface area contributed by atoms with Crippen molar-refractivity contribution in [1.29, 1.82) is 0 Å². The van der Waals surface area contributed by atoms with Gasteiger partial charge in [0.25, 0.3) is 0 Å². The van der Waals surface area contributed by atoms with Crippen molar-refractivity contribution in [2.45, 2.75) is 71.4 Å². The lowest BCUT2D eigenvalue weighted by atomic mass is 9.76. The van der Waals surface area contributed by atoms with Gasteiger partial charge >= 0.3 is 0 Å². The van der Waals surface area contributed by atoms with Crippen LogP contribution in [0.15, 0.2) is 0 Å². The van der Waals surface area contributed by atoms with Crippen LogP contribution in [0.1, 0.15) is 59.8 Å². The number of hydrogen-bond donors (Lipinski definition) is 1. The first-order chi connectivity index (χ1) is 9.86. The molecule has 0 aromatic rings. The van der Waals surface area contributed by atoms with Gasteiger partial charge in [0.15, 0.2) is 0 Å². The largest absolute Gasteiger partial charge is 0.342 e. The first kappa shape index (κ1) is 18.4. The van der Waals surface area contributed by atoms with Crippen molar-refractivity contribution in [1.82, 2.24) is 9.80 Å². The minimum absolute atomic E-state index is 0.0377. The standard InChI is InChI=1S/C17H35N3O/c1-6-11-20(12-16(21)19(5)14(2)3)17(13-18)9-7-15(4)8-10-17/h14-15H,6-13,18H2,1-5H3. The molecular formula is C17H35N3O. The summed E-state index contributed by atoms with van der Waals surface area (Å²) in [4.78, 5) is 16.7. The number of carbonyl (C=O) groups is 1. The van der Waals surface area contributed by atoms with Gasteiger partial charge in [0.05, 0.1) is 6.54 Å². The quantitative estimate of drug-likeness (QED) is 0.785. The first-order valence-corrected chi connectivity index (χ1v) is 8.57. The minimum atomic E-state index is 0.0377. The van der Waals surface area contributed by atoms with Crippen LogP contribution >= 0.6 is 0 Å². The van der Waals surface area contributed by atoms with E-state index in [1.54, 1.807) is 0 Å². The molecule has 1 amide bonds. The molecule has 1 rings (SSSR count). The average molecular weight is 297 g/mol. The number of likely N-dealkylation sites (N-methyl/N-ethyl adjacent to an activating group) is 1. The van der Waals surface area contributed by atoms with Crippen LogP contribution in [0.2, 0.25) is 0 Å². The fourth-order valence-electron chi connectivity index (χ4n) is 3.27. The highest BCUT2D eigenvalue weighted by Crippen LogP contribution is 2.36. The molecule has 1 fully saturated rings. The summed E-state index contributed by atoms with van der Waals surface area (Å²) in [6.45, 7) is 10.8. The normalized spacial score (nSPS) is 26.4. The summed E-state index contributed by atoms with van der Waals surface area (Å²) in [6, 6.07) is 0.251. The number of rotatable bonds is 7. The predicted octanol–water partition coefficient (Wildman–Crippen LogP) is 2.47. The highest BCUT2D eigenvalue weighted by molar-refractivity contribution is 5.78. The first-order valence-electron chi connectivity index (χ1n) is 8.57. The van der Waals surface area contributed by atoms with Gasteiger partial charge in [-0.05, 0) is 58.4 Å². The summed E-state index contributed by atoms with van der Waals surface area (Å²) in [5, 5.41) is 0. The van der Waals surface area contributed by atoms with E-state index >= 15 is 0 Å². The second-order valence-corrected chi connectivity index (χ2v) is 7.13. The molecule has 0 bridgehead atoms. The summed E-state index contributed by atoms with van der Waals surface area (Å²) in [5.74, 6) is 1.01. The topological polar surface area (TPSA) is 49.6 Å². The molecule has 1 aliphatic carbocycles. The van der Waals surface area contributed by atoms with E-state index in [0.29, 0.717) is 13.1 Å². The number of nitrogens with zero attached hydrogens (tertiary/aromatic N) is 2. The second kappa shape index (κ2) is 8.14. The Morgan fingerprint density at radius 3 is 2.33 bits per heavy atom. The van der Waals surface area contributed by atoms with E-state index in [2.05, 4.69) is 32.6 Å². The molecule has 0 radical (unpaired) electrons. The fraction of sp³-hybridized carbons (Fsp3) is 0.941. The third-order valence-corrected chi connectivity index (χ3v) is 5.24. The molecular weight excluding hydrogens is 262 g/mol. The summed E-state index contributed by atoms with van der Waals surface area (Å²) in [6.07, 6.45) is 5.78. The summed E-state index contributed by atoms with van der Waals surface area (Å²) >= 11 is 0. The Bertz CT molecular complexity index is 322. The van der Waals surface area contributed by atoms with Crippen LogP contribution < -0.4 is 5.73 Å². The molecule has 0 saturated heterocycles. The lowest BCUT2D eigenvalue weighted by molar-refractivity contribution is -0.134. The smallest absolute Gasteiger partial charge is 0.236 e. The molecule has 0 spiro atoms. The van der Waals surface area contributed by atoms with Crippen LogP contribution in [0.3, 0.4) is 0 Å².